The number of alkyl halides is 1. The van der Waals surface area contributed by atoms with Gasteiger partial charge in [0.25, 0.3) is 0 Å². The average molecular weight is 285 g/mol. The van der Waals surface area contributed by atoms with Gasteiger partial charge in [-0.3, -0.25) is 4.79 Å². The fourth-order valence-electron chi connectivity index (χ4n) is 0.836. The molecule has 0 saturated heterocycles. The van der Waals surface area contributed by atoms with Crippen LogP contribution in [-0.2, 0) is 14.3 Å². The number of carbonyl (C=O) groups excluding carboxylic acids is 1. The Hall–Kier alpha value is 0.0869. The second kappa shape index (κ2) is 9.63. The van der Waals surface area contributed by atoms with Crippen LogP contribution in [0.1, 0.15) is 6.42 Å². The zero-order chi connectivity index (χ0) is 10.8. The van der Waals surface area contributed by atoms with E-state index in [0.717, 1.165) is 12.5 Å². The minimum atomic E-state index is -1.42. The summed E-state index contributed by atoms with van der Waals surface area (Å²) in [4.78, 5) is 19.7. The molecular formula is C8H17BrO4Si. The number of esters is 1. The highest BCUT2D eigenvalue weighted by atomic mass is 79.9. The van der Waals surface area contributed by atoms with Crippen LogP contribution < -0.4 is 0 Å². The minimum absolute atomic E-state index is 0.223. The largest absolute Gasteiger partial charge is 0.463 e. The van der Waals surface area contributed by atoms with Crippen molar-refractivity contribution in [1.29, 1.82) is 0 Å². The smallest absolute Gasteiger partial charge is 0.316 e. The van der Waals surface area contributed by atoms with E-state index in [4.69, 9.17) is 14.3 Å². The second-order valence-corrected chi connectivity index (χ2v) is 5.79. The molecule has 4 nitrogen and oxygen atoms in total. The van der Waals surface area contributed by atoms with E-state index in [2.05, 4.69) is 15.9 Å². The zero-order valence-electron chi connectivity index (χ0n) is 8.37. The van der Waals surface area contributed by atoms with E-state index < -0.39 is 9.04 Å². The summed E-state index contributed by atoms with van der Waals surface area (Å²) in [5, 5.41) is 0.223. The molecule has 0 aromatic heterocycles. The maximum atomic E-state index is 10.6. The van der Waals surface area contributed by atoms with Gasteiger partial charge in [-0.25, -0.2) is 0 Å². The van der Waals surface area contributed by atoms with Crippen molar-refractivity contribution in [3.05, 3.63) is 0 Å². The fourth-order valence-corrected chi connectivity index (χ4v) is 1.76. The van der Waals surface area contributed by atoms with Gasteiger partial charge in [-0.1, -0.05) is 15.9 Å². The van der Waals surface area contributed by atoms with Crippen molar-refractivity contribution in [2.45, 2.75) is 19.0 Å². The monoisotopic (exact) mass is 284 g/mol. The van der Waals surface area contributed by atoms with Crippen molar-refractivity contribution in [3.63, 3.8) is 0 Å². The second-order valence-electron chi connectivity index (χ2n) is 2.96. The Bertz CT molecular complexity index is 154. The Labute approximate surface area is 94.4 Å². The van der Waals surface area contributed by atoms with E-state index in [1.54, 1.807) is 0 Å². The summed E-state index contributed by atoms with van der Waals surface area (Å²) in [6.07, 6.45) is 0.885. The number of hydrogen-bond donors (Lipinski definition) is 1. The molecule has 0 aliphatic carbocycles. The third-order valence-corrected chi connectivity index (χ3v) is 3.21. The van der Waals surface area contributed by atoms with Gasteiger partial charge < -0.3 is 14.3 Å². The molecular weight excluding hydrogens is 268 g/mol. The van der Waals surface area contributed by atoms with E-state index >= 15 is 0 Å². The average Bonchev–Trinajstić information content (AvgIpc) is 2.15. The summed E-state index contributed by atoms with van der Waals surface area (Å²) in [5.74, 6) is -0.273. The molecule has 0 aromatic rings. The Balaban J connectivity index is 3.03. The number of rotatable bonds is 8. The summed E-state index contributed by atoms with van der Waals surface area (Å²) < 4.78 is 9.96. The fraction of sp³-hybridized carbons (Fsp3) is 0.875. The zero-order valence-corrected chi connectivity index (χ0v) is 11.1. The molecule has 0 aromatic carbocycles. The first-order valence-electron chi connectivity index (χ1n) is 4.64. The lowest BCUT2D eigenvalue weighted by Crippen LogP contribution is -2.12. The van der Waals surface area contributed by atoms with Crippen LogP contribution >= 0.6 is 15.9 Å². The van der Waals surface area contributed by atoms with E-state index in [9.17, 15) is 4.79 Å². The minimum Gasteiger partial charge on any atom is -0.463 e. The van der Waals surface area contributed by atoms with Crippen molar-refractivity contribution in [1.82, 2.24) is 0 Å². The molecule has 0 saturated carbocycles. The van der Waals surface area contributed by atoms with E-state index in [0.29, 0.717) is 19.8 Å². The topological polar surface area (TPSA) is 55.8 Å². The maximum Gasteiger partial charge on any atom is 0.316 e. The molecule has 84 valence electrons. The first kappa shape index (κ1) is 14.1. The molecule has 0 bridgehead atoms. The highest BCUT2D eigenvalue weighted by Gasteiger charge is 1.99. The molecule has 1 unspecified atom stereocenters. The summed E-state index contributed by atoms with van der Waals surface area (Å²) in [6.45, 7) is 3.25. The SMILES string of the molecule is C[SiH](O)CCCOCCOC(=O)CBr. The Morgan fingerprint density at radius 2 is 2.14 bits per heavy atom. The van der Waals surface area contributed by atoms with Gasteiger partial charge in [-0.2, -0.15) is 0 Å². The van der Waals surface area contributed by atoms with Crippen LogP contribution in [0, 0.1) is 0 Å². The Morgan fingerprint density at radius 3 is 2.71 bits per heavy atom. The Morgan fingerprint density at radius 1 is 1.43 bits per heavy atom. The maximum absolute atomic E-state index is 10.6. The van der Waals surface area contributed by atoms with Crippen molar-refractivity contribution in [2.75, 3.05) is 25.2 Å². The van der Waals surface area contributed by atoms with Crippen LogP contribution in [0.25, 0.3) is 0 Å². The molecule has 0 fully saturated rings. The van der Waals surface area contributed by atoms with Gasteiger partial charge >= 0.3 is 5.97 Å². The predicted octanol–water partition coefficient (Wildman–Crippen LogP) is 0.677. The number of ether oxygens (including phenoxy) is 2. The molecule has 0 heterocycles. The van der Waals surface area contributed by atoms with Gasteiger partial charge in [0.05, 0.1) is 6.61 Å². The molecule has 14 heavy (non-hydrogen) atoms. The molecule has 1 atom stereocenters. The molecule has 0 aliphatic rings. The van der Waals surface area contributed by atoms with Gasteiger partial charge in [0, 0.05) is 6.61 Å². The van der Waals surface area contributed by atoms with Crippen LogP contribution in [0.3, 0.4) is 0 Å². The summed E-state index contributed by atoms with van der Waals surface area (Å²) in [5.41, 5.74) is 0. The highest BCUT2D eigenvalue weighted by Crippen LogP contribution is 1.95. The molecule has 0 aliphatic heterocycles. The summed E-state index contributed by atoms with van der Waals surface area (Å²) >= 11 is 2.99. The molecule has 0 radical (unpaired) electrons. The number of carbonyl (C=O) groups is 1. The van der Waals surface area contributed by atoms with Crippen molar-refractivity contribution >= 4 is 30.9 Å². The summed E-state index contributed by atoms with van der Waals surface area (Å²) in [6, 6.07) is 0.876. The highest BCUT2D eigenvalue weighted by molar-refractivity contribution is 9.09. The number of hydrogen-bond acceptors (Lipinski definition) is 4. The summed E-state index contributed by atoms with van der Waals surface area (Å²) in [7, 11) is -1.42. The van der Waals surface area contributed by atoms with Gasteiger partial charge in [0.15, 0.2) is 9.04 Å². The van der Waals surface area contributed by atoms with Gasteiger partial charge in [-0.05, 0) is 19.0 Å². The van der Waals surface area contributed by atoms with E-state index in [-0.39, 0.29) is 11.3 Å². The quantitative estimate of drug-likeness (QED) is 0.308. The molecule has 0 spiro atoms. The van der Waals surface area contributed by atoms with Crippen LogP contribution in [-0.4, -0.2) is 45.0 Å². The van der Waals surface area contributed by atoms with Crippen molar-refractivity contribution in [2.24, 2.45) is 0 Å². The van der Waals surface area contributed by atoms with Crippen LogP contribution in [0.4, 0.5) is 0 Å². The lowest BCUT2D eigenvalue weighted by molar-refractivity contribution is -0.141. The van der Waals surface area contributed by atoms with E-state index in [1.165, 1.54) is 0 Å². The van der Waals surface area contributed by atoms with Crippen LogP contribution in [0.2, 0.25) is 12.6 Å². The molecule has 0 amide bonds. The third-order valence-electron chi connectivity index (χ3n) is 1.51. The number of halogens is 1. The van der Waals surface area contributed by atoms with Gasteiger partial charge in [-0.15, -0.1) is 0 Å². The lowest BCUT2D eigenvalue weighted by atomic mass is 10.5. The van der Waals surface area contributed by atoms with Gasteiger partial charge in [0.1, 0.15) is 11.9 Å². The normalized spacial score (nSPS) is 12.5. The lowest BCUT2D eigenvalue weighted by Gasteiger charge is -2.05. The van der Waals surface area contributed by atoms with Crippen molar-refractivity contribution < 1.29 is 19.1 Å². The standard InChI is InChI=1S/C8H17BrO4Si/c1-14(11)6-2-3-12-4-5-13-8(10)7-9/h11,14H,2-7H2,1H3. The van der Waals surface area contributed by atoms with Crippen LogP contribution in [0.5, 0.6) is 0 Å². The first-order valence-corrected chi connectivity index (χ1v) is 8.25. The predicted molar refractivity (Wildman–Crippen MR) is 60.2 cm³/mol. The third kappa shape index (κ3) is 10.2. The van der Waals surface area contributed by atoms with Crippen molar-refractivity contribution in [3.8, 4) is 0 Å². The molecule has 6 heteroatoms. The Kier molecular flexibility index (Phi) is 9.69. The molecule has 0 rings (SSSR count). The van der Waals surface area contributed by atoms with Crippen LogP contribution in [0.15, 0.2) is 0 Å². The molecule has 1 N–H and O–H groups in total. The van der Waals surface area contributed by atoms with E-state index in [1.807, 2.05) is 6.55 Å². The first-order chi connectivity index (χ1) is 6.66. The van der Waals surface area contributed by atoms with Gasteiger partial charge in [0.2, 0.25) is 0 Å².